The molecular formula is C14H27NO2. The third kappa shape index (κ3) is 5.53. The molecule has 0 amide bonds. The Hall–Kier alpha value is -0.570. The van der Waals surface area contributed by atoms with E-state index in [1.165, 1.54) is 38.9 Å². The Morgan fingerprint density at radius 3 is 2.59 bits per heavy atom. The lowest BCUT2D eigenvalue weighted by molar-refractivity contribution is -0.137. The lowest BCUT2D eigenvalue weighted by Crippen LogP contribution is -2.47. The van der Waals surface area contributed by atoms with E-state index < -0.39 is 5.97 Å². The van der Waals surface area contributed by atoms with Gasteiger partial charge in [0.1, 0.15) is 0 Å². The van der Waals surface area contributed by atoms with Crippen LogP contribution in [0.2, 0.25) is 0 Å². The van der Waals surface area contributed by atoms with Crippen molar-refractivity contribution >= 4 is 5.97 Å². The molecule has 0 radical (unpaired) electrons. The molecule has 1 aliphatic rings. The molecule has 1 unspecified atom stereocenters. The molecule has 3 nitrogen and oxygen atoms in total. The summed E-state index contributed by atoms with van der Waals surface area (Å²) >= 11 is 0. The van der Waals surface area contributed by atoms with Crippen LogP contribution in [0.4, 0.5) is 0 Å². The SMILES string of the molecule is CCCC1CN(CCC(CC)CCC(=O)O)C1. The molecule has 1 aliphatic heterocycles. The molecule has 1 heterocycles. The largest absolute Gasteiger partial charge is 0.481 e. The molecule has 1 saturated heterocycles. The van der Waals surface area contributed by atoms with Gasteiger partial charge in [0, 0.05) is 19.5 Å². The summed E-state index contributed by atoms with van der Waals surface area (Å²) in [6.45, 7) is 8.12. The summed E-state index contributed by atoms with van der Waals surface area (Å²) in [5.41, 5.74) is 0. The highest BCUT2D eigenvalue weighted by Crippen LogP contribution is 2.23. The third-order valence-corrected chi connectivity index (χ3v) is 3.93. The average Bonchev–Trinajstić information content (AvgIpc) is 2.24. The number of likely N-dealkylation sites (tertiary alicyclic amines) is 1. The zero-order valence-corrected chi connectivity index (χ0v) is 11.3. The summed E-state index contributed by atoms with van der Waals surface area (Å²) in [6.07, 6.45) is 6.12. The van der Waals surface area contributed by atoms with Gasteiger partial charge in [-0.15, -0.1) is 0 Å². The molecule has 1 atom stereocenters. The van der Waals surface area contributed by atoms with Crippen molar-refractivity contribution in [1.82, 2.24) is 4.90 Å². The molecule has 3 heteroatoms. The summed E-state index contributed by atoms with van der Waals surface area (Å²) in [5.74, 6) is 0.867. The molecule has 1 rings (SSSR count). The molecule has 0 aromatic carbocycles. The molecule has 0 aromatic heterocycles. The highest BCUT2D eigenvalue weighted by molar-refractivity contribution is 5.66. The van der Waals surface area contributed by atoms with E-state index in [0.29, 0.717) is 12.3 Å². The minimum Gasteiger partial charge on any atom is -0.481 e. The van der Waals surface area contributed by atoms with Crippen LogP contribution in [0.1, 0.15) is 52.4 Å². The van der Waals surface area contributed by atoms with Crippen LogP contribution < -0.4 is 0 Å². The van der Waals surface area contributed by atoms with Crippen LogP contribution in [-0.4, -0.2) is 35.6 Å². The standard InChI is InChI=1S/C14H27NO2/c1-3-5-13-10-15(11-13)9-8-12(4-2)6-7-14(16)17/h12-13H,3-11H2,1-2H3,(H,16,17). The van der Waals surface area contributed by atoms with Gasteiger partial charge in [0.25, 0.3) is 0 Å². The zero-order chi connectivity index (χ0) is 12.7. The predicted octanol–water partition coefficient (Wildman–Crippen LogP) is 3.00. The van der Waals surface area contributed by atoms with Crippen molar-refractivity contribution < 1.29 is 9.90 Å². The first-order chi connectivity index (χ1) is 8.15. The fourth-order valence-corrected chi connectivity index (χ4v) is 2.70. The van der Waals surface area contributed by atoms with Gasteiger partial charge in [-0.05, 0) is 37.6 Å². The lowest BCUT2D eigenvalue weighted by Gasteiger charge is -2.40. The number of carboxylic acid groups (broad SMARTS) is 1. The summed E-state index contributed by atoms with van der Waals surface area (Å²) in [6, 6.07) is 0. The van der Waals surface area contributed by atoms with Gasteiger partial charge in [-0.2, -0.15) is 0 Å². The van der Waals surface area contributed by atoms with Gasteiger partial charge in [-0.3, -0.25) is 4.79 Å². The Balaban J connectivity index is 2.06. The highest BCUT2D eigenvalue weighted by Gasteiger charge is 2.25. The van der Waals surface area contributed by atoms with Crippen LogP contribution in [0.25, 0.3) is 0 Å². The monoisotopic (exact) mass is 241 g/mol. The average molecular weight is 241 g/mol. The predicted molar refractivity (Wildman–Crippen MR) is 70.1 cm³/mol. The Bertz CT molecular complexity index is 224. The number of hydrogen-bond donors (Lipinski definition) is 1. The number of carboxylic acids is 1. The quantitative estimate of drug-likeness (QED) is 0.674. The van der Waals surface area contributed by atoms with E-state index >= 15 is 0 Å². The summed E-state index contributed by atoms with van der Waals surface area (Å²) in [4.78, 5) is 13.0. The van der Waals surface area contributed by atoms with Crippen molar-refractivity contribution in [2.24, 2.45) is 11.8 Å². The minimum atomic E-state index is -0.657. The Labute approximate surface area is 105 Å². The second-order valence-electron chi connectivity index (χ2n) is 5.41. The van der Waals surface area contributed by atoms with Crippen molar-refractivity contribution in [2.75, 3.05) is 19.6 Å². The topological polar surface area (TPSA) is 40.5 Å². The first kappa shape index (κ1) is 14.5. The maximum absolute atomic E-state index is 10.5. The number of nitrogens with zero attached hydrogens (tertiary/aromatic N) is 1. The van der Waals surface area contributed by atoms with Gasteiger partial charge >= 0.3 is 5.97 Å². The molecule has 0 aromatic rings. The van der Waals surface area contributed by atoms with Crippen molar-refractivity contribution in [3.05, 3.63) is 0 Å². The van der Waals surface area contributed by atoms with Gasteiger partial charge in [-0.25, -0.2) is 0 Å². The zero-order valence-electron chi connectivity index (χ0n) is 11.3. The van der Waals surface area contributed by atoms with Crippen LogP contribution in [0.15, 0.2) is 0 Å². The van der Waals surface area contributed by atoms with Crippen LogP contribution >= 0.6 is 0 Å². The second-order valence-corrected chi connectivity index (χ2v) is 5.41. The van der Waals surface area contributed by atoms with Crippen LogP contribution in [-0.2, 0) is 4.79 Å². The second kappa shape index (κ2) is 7.70. The lowest BCUT2D eigenvalue weighted by atomic mass is 9.92. The number of carbonyl (C=O) groups is 1. The van der Waals surface area contributed by atoms with Crippen molar-refractivity contribution in [3.8, 4) is 0 Å². The fraction of sp³-hybridized carbons (Fsp3) is 0.929. The highest BCUT2D eigenvalue weighted by atomic mass is 16.4. The van der Waals surface area contributed by atoms with Crippen LogP contribution in [0, 0.1) is 11.8 Å². The van der Waals surface area contributed by atoms with E-state index in [2.05, 4.69) is 18.7 Å². The number of aliphatic carboxylic acids is 1. The van der Waals surface area contributed by atoms with Crippen LogP contribution in [0.5, 0.6) is 0 Å². The molecule has 0 bridgehead atoms. The molecule has 1 N–H and O–H groups in total. The van der Waals surface area contributed by atoms with E-state index in [1.54, 1.807) is 0 Å². The van der Waals surface area contributed by atoms with Gasteiger partial charge in [0.2, 0.25) is 0 Å². The fourth-order valence-electron chi connectivity index (χ4n) is 2.70. The van der Waals surface area contributed by atoms with E-state index in [0.717, 1.165) is 18.8 Å². The van der Waals surface area contributed by atoms with Gasteiger partial charge < -0.3 is 10.0 Å². The maximum atomic E-state index is 10.5. The van der Waals surface area contributed by atoms with Gasteiger partial charge in [-0.1, -0.05) is 26.7 Å². The molecule has 1 fully saturated rings. The number of rotatable bonds is 9. The van der Waals surface area contributed by atoms with Crippen molar-refractivity contribution in [2.45, 2.75) is 52.4 Å². The molecule has 0 saturated carbocycles. The molecule has 100 valence electrons. The first-order valence-corrected chi connectivity index (χ1v) is 7.09. The minimum absolute atomic E-state index is 0.330. The van der Waals surface area contributed by atoms with Crippen molar-refractivity contribution in [3.63, 3.8) is 0 Å². The Morgan fingerprint density at radius 1 is 1.35 bits per heavy atom. The Kier molecular flexibility index (Phi) is 6.56. The van der Waals surface area contributed by atoms with Gasteiger partial charge in [0.15, 0.2) is 0 Å². The summed E-state index contributed by atoms with van der Waals surface area (Å²) in [5, 5.41) is 8.68. The summed E-state index contributed by atoms with van der Waals surface area (Å²) < 4.78 is 0. The number of hydrogen-bond acceptors (Lipinski definition) is 2. The first-order valence-electron chi connectivity index (χ1n) is 7.09. The van der Waals surface area contributed by atoms with E-state index in [4.69, 9.17) is 5.11 Å². The van der Waals surface area contributed by atoms with E-state index in [9.17, 15) is 4.79 Å². The summed E-state index contributed by atoms with van der Waals surface area (Å²) in [7, 11) is 0. The smallest absolute Gasteiger partial charge is 0.303 e. The molecule has 17 heavy (non-hydrogen) atoms. The molecule has 0 spiro atoms. The van der Waals surface area contributed by atoms with E-state index in [1.807, 2.05) is 0 Å². The molecular weight excluding hydrogens is 214 g/mol. The maximum Gasteiger partial charge on any atom is 0.303 e. The third-order valence-electron chi connectivity index (χ3n) is 3.93. The van der Waals surface area contributed by atoms with Gasteiger partial charge in [0.05, 0.1) is 0 Å². The normalized spacial score (nSPS) is 18.9. The van der Waals surface area contributed by atoms with Crippen molar-refractivity contribution in [1.29, 1.82) is 0 Å². The van der Waals surface area contributed by atoms with E-state index in [-0.39, 0.29) is 0 Å². The molecule has 0 aliphatic carbocycles. The Morgan fingerprint density at radius 2 is 2.06 bits per heavy atom. The van der Waals surface area contributed by atoms with Crippen LogP contribution in [0.3, 0.4) is 0 Å².